The van der Waals surface area contributed by atoms with Crippen LogP contribution in [0.15, 0.2) is 42.5 Å². The predicted octanol–water partition coefficient (Wildman–Crippen LogP) is 5.40. The normalized spacial score (nSPS) is 12.2. The molecule has 106 valence electrons. The lowest BCUT2D eigenvalue weighted by molar-refractivity contribution is 0.217. The minimum atomic E-state index is 0.268. The van der Waals surface area contributed by atoms with Gasteiger partial charge < -0.3 is 4.74 Å². The molecule has 0 aliphatic rings. The lowest BCUT2D eigenvalue weighted by Gasteiger charge is -2.15. The SMILES string of the molecule is CCc1cc(OC(C)CC)ccc1-c1ccc(C)cc1. The fourth-order valence-electron chi connectivity index (χ4n) is 2.27. The van der Waals surface area contributed by atoms with E-state index in [1.807, 2.05) is 0 Å². The molecule has 1 heteroatoms. The number of ether oxygens (including phenoxy) is 1. The molecule has 1 nitrogen and oxygen atoms in total. The van der Waals surface area contributed by atoms with E-state index >= 15 is 0 Å². The molecule has 1 unspecified atom stereocenters. The Balaban J connectivity index is 2.32. The summed E-state index contributed by atoms with van der Waals surface area (Å²) in [7, 11) is 0. The molecule has 0 aromatic heterocycles. The van der Waals surface area contributed by atoms with Gasteiger partial charge in [0.05, 0.1) is 6.10 Å². The van der Waals surface area contributed by atoms with Crippen molar-refractivity contribution >= 4 is 0 Å². The molecule has 0 N–H and O–H groups in total. The molecule has 0 spiro atoms. The van der Waals surface area contributed by atoms with Crippen molar-refractivity contribution in [1.29, 1.82) is 0 Å². The first-order valence-electron chi connectivity index (χ1n) is 7.50. The van der Waals surface area contributed by atoms with Crippen molar-refractivity contribution in [1.82, 2.24) is 0 Å². The van der Waals surface area contributed by atoms with Crippen LogP contribution in [0.3, 0.4) is 0 Å². The summed E-state index contributed by atoms with van der Waals surface area (Å²) in [5.74, 6) is 0.979. The molecular formula is C19H24O. The molecule has 0 radical (unpaired) electrons. The Labute approximate surface area is 122 Å². The molecule has 2 rings (SSSR count). The minimum Gasteiger partial charge on any atom is -0.491 e. The van der Waals surface area contributed by atoms with Gasteiger partial charge >= 0.3 is 0 Å². The van der Waals surface area contributed by atoms with Crippen LogP contribution in [-0.2, 0) is 6.42 Å². The van der Waals surface area contributed by atoms with Crippen molar-refractivity contribution in [2.24, 2.45) is 0 Å². The van der Waals surface area contributed by atoms with Gasteiger partial charge in [-0.15, -0.1) is 0 Å². The fourth-order valence-corrected chi connectivity index (χ4v) is 2.27. The summed E-state index contributed by atoms with van der Waals surface area (Å²) in [6.45, 7) is 8.57. The van der Waals surface area contributed by atoms with Crippen molar-refractivity contribution in [2.75, 3.05) is 0 Å². The summed E-state index contributed by atoms with van der Waals surface area (Å²) < 4.78 is 5.92. The van der Waals surface area contributed by atoms with Crippen LogP contribution in [-0.4, -0.2) is 6.10 Å². The van der Waals surface area contributed by atoms with Crippen molar-refractivity contribution in [3.05, 3.63) is 53.6 Å². The summed E-state index contributed by atoms with van der Waals surface area (Å²) >= 11 is 0. The Bertz CT molecular complexity index is 554. The molecule has 2 aromatic rings. The second-order valence-corrected chi connectivity index (χ2v) is 5.38. The summed E-state index contributed by atoms with van der Waals surface area (Å²) in [6, 6.07) is 15.2. The zero-order chi connectivity index (χ0) is 14.5. The van der Waals surface area contributed by atoms with Crippen molar-refractivity contribution in [2.45, 2.75) is 46.6 Å². The quantitative estimate of drug-likeness (QED) is 0.705. The van der Waals surface area contributed by atoms with E-state index < -0.39 is 0 Å². The standard InChI is InChI=1S/C19H24O/c1-5-15(4)20-18-11-12-19(16(6-2)13-18)17-9-7-14(3)8-10-17/h7-13,15H,5-6H2,1-4H3. The third kappa shape index (κ3) is 3.41. The van der Waals surface area contributed by atoms with E-state index in [0.29, 0.717) is 0 Å². The summed E-state index contributed by atoms with van der Waals surface area (Å²) in [5, 5.41) is 0. The predicted molar refractivity (Wildman–Crippen MR) is 86.4 cm³/mol. The highest BCUT2D eigenvalue weighted by molar-refractivity contribution is 5.68. The highest BCUT2D eigenvalue weighted by Crippen LogP contribution is 2.28. The van der Waals surface area contributed by atoms with E-state index in [1.54, 1.807) is 0 Å². The number of rotatable bonds is 5. The molecule has 0 amide bonds. The van der Waals surface area contributed by atoms with Gasteiger partial charge in [0, 0.05) is 0 Å². The first-order valence-corrected chi connectivity index (χ1v) is 7.50. The zero-order valence-electron chi connectivity index (χ0n) is 12.9. The van der Waals surface area contributed by atoms with Gasteiger partial charge in [0.2, 0.25) is 0 Å². The van der Waals surface area contributed by atoms with Crippen LogP contribution >= 0.6 is 0 Å². The van der Waals surface area contributed by atoms with E-state index in [2.05, 4.69) is 70.2 Å². The third-order valence-electron chi connectivity index (χ3n) is 3.73. The molecule has 0 bridgehead atoms. The lowest BCUT2D eigenvalue weighted by Crippen LogP contribution is -2.09. The molecule has 1 atom stereocenters. The van der Waals surface area contributed by atoms with Gasteiger partial charge in [0.25, 0.3) is 0 Å². The van der Waals surface area contributed by atoms with Gasteiger partial charge in [0.1, 0.15) is 5.75 Å². The Kier molecular flexibility index (Phi) is 4.84. The molecule has 0 heterocycles. The Morgan fingerprint density at radius 3 is 2.30 bits per heavy atom. The molecule has 0 saturated carbocycles. The van der Waals surface area contributed by atoms with Gasteiger partial charge in [-0.25, -0.2) is 0 Å². The maximum Gasteiger partial charge on any atom is 0.120 e. The average Bonchev–Trinajstić information content (AvgIpc) is 2.48. The monoisotopic (exact) mass is 268 g/mol. The van der Waals surface area contributed by atoms with E-state index in [-0.39, 0.29) is 6.10 Å². The summed E-state index contributed by atoms with van der Waals surface area (Å²) in [4.78, 5) is 0. The first-order chi connectivity index (χ1) is 9.63. The Morgan fingerprint density at radius 1 is 1.00 bits per heavy atom. The van der Waals surface area contributed by atoms with Crippen LogP contribution in [0.25, 0.3) is 11.1 Å². The number of hydrogen-bond acceptors (Lipinski definition) is 1. The van der Waals surface area contributed by atoms with Crippen LogP contribution in [0.2, 0.25) is 0 Å². The molecule has 0 saturated heterocycles. The lowest BCUT2D eigenvalue weighted by atomic mass is 9.97. The van der Waals surface area contributed by atoms with Crippen LogP contribution in [0.1, 0.15) is 38.3 Å². The van der Waals surface area contributed by atoms with Gasteiger partial charge in [-0.2, -0.15) is 0 Å². The second kappa shape index (κ2) is 6.60. The van der Waals surface area contributed by atoms with Crippen LogP contribution in [0.4, 0.5) is 0 Å². The van der Waals surface area contributed by atoms with Crippen LogP contribution in [0.5, 0.6) is 5.75 Å². The molecule has 20 heavy (non-hydrogen) atoms. The molecule has 2 aromatic carbocycles. The molecule has 0 aliphatic carbocycles. The minimum absolute atomic E-state index is 0.268. The van der Waals surface area contributed by atoms with Gasteiger partial charge in [-0.3, -0.25) is 0 Å². The molecular weight excluding hydrogens is 244 g/mol. The van der Waals surface area contributed by atoms with E-state index in [1.165, 1.54) is 22.3 Å². The van der Waals surface area contributed by atoms with Crippen LogP contribution in [0, 0.1) is 6.92 Å². The number of benzene rings is 2. The summed E-state index contributed by atoms with van der Waals surface area (Å²) in [5.41, 5.74) is 5.23. The number of aryl methyl sites for hydroxylation is 2. The molecule has 0 fully saturated rings. The van der Waals surface area contributed by atoms with Gasteiger partial charge in [-0.1, -0.05) is 49.7 Å². The average molecular weight is 268 g/mol. The highest BCUT2D eigenvalue weighted by Gasteiger charge is 2.07. The molecule has 0 aliphatic heterocycles. The zero-order valence-corrected chi connectivity index (χ0v) is 12.9. The fraction of sp³-hybridized carbons (Fsp3) is 0.368. The smallest absolute Gasteiger partial charge is 0.120 e. The van der Waals surface area contributed by atoms with E-state index in [9.17, 15) is 0 Å². The topological polar surface area (TPSA) is 9.23 Å². The van der Waals surface area contributed by atoms with Crippen LogP contribution < -0.4 is 4.74 Å². The summed E-state index contributed by atoms with van der Waals surface area (Å²) in [6.07, 6.45) is 2.31. The number of hydrogen-bond donors (Lipinski definition) is 0. The highest BCUT2D eigenvalue weighted by atomic mass is 16.5. The Morgan fingerprint density at radius 2 is 1.70 bits per heavy atom. The van der Waals surface area contributed by atoms with Crippen molar-refractivity contribution in [3.8, 4) is 16.9 Å². The van der Waals surface area contributed by atoms with Gasteiger partial charge in [0.15, 0.2) is 0 Å². The first kappa shape index (κ1) is 14.6. The second-order valence-electron chi connectivity index (χ2n) is 5.38. The third-order valence-corrected chi connectivity index (χ3v) is 3.73. The van der Waals surface area contributed by atoms with Crippen molar-refractivity contribution < 1.29 is 4.74 Å². The maximum atomic E-state index is 5.92. The van der Waals surface area contributed by atoms with Gasteiger partial charge in [-0.05, 0) is 55.5 Å². The Hall–Kier alpha value is -1.76. The van der Waals surface area contributed by atoms with E-state index in [0.717, 1.165) is 18.6 Å². The maximum absolute atomic E-state index is 5.92. The van der Waals surface area contributed by atoms with E-state index in [4.69, 9.17) is 4.74 Å². The largest absolute Gasteiger partial charge is 0.491 e. The van der Waals surface area contributed by atoms with Crippen molar-refractivity contribution in [3.63, 3.8) is 0 Å².